The Morgan fingerprint density at radius 1 is 1.25 bits per heavy atom. The lowest BCUT2D eigenvalue weighted by atomic mass is 10.2. The third-order valence-electron chi connectivity index (χ3n) is 4.72. The second-order valence-corrected chi connectivity index (χ2v) is 7.69. The van der Waals surface area contributed by atoms with E-state index in [9.17, 15) is 18.0 Å². The quantitative estimate of drug-likeness (QED) is 0.403. The van der Waals surface area contributed by atoms with Gasteiger partial charge in [-0.1, -0.05) is 6.07 Å². The van der Waals surface area contributed by atoms with E-state index >= 15 is 0 Å². The number of rotatable bonds is 3. The maximum absolute atomic E-state index is 13.2. The Balaban J connectivity index is 0.000000243. The number of alkyl halides is 3. The number of methoxy groups -OCH3 is 1. The maximum atomic E-state index is 13.2. The predicted octanol–water partition coefficient (Wildman–Crippen LogP) is 4.85. The number of thiophene rings is 1. The second-order valence-electron chi connectivity index (χ2n) is 6.74. The van der Waals surface area contributed by atoms with Crippen LogP contribution < -0.4 is 0 Å². The summed E-state index contributed by atoms with van der Waals surface area (Å²) in [6.45, 7) is 4.27. The molecule has 12 heteroatoms. The molecule has 4 aromatic heterocycles. The minimum atomic E-state index is -4.63. The zero-order valence-corrected chi connectivity index (χ0v) is 18.5. The van der Waals surface area contributed by atoms with Gasteiger partial charge in [-0.05, 0) is 36.9 Å². The van der Waals surface area contributed by atoms with E-state index in [2.05, 4.69) is 19.9 Å². The standard InChI is InChI=1S/C13H8F3N3O2S.C7H12N3/c1-21-12(20)8-6-11-17-7(9-3-2-4-22-9)5-10(13(14,15)16)19(11)18-8;1-5-7(4-8)6(2)10(3)9-5/h2-6H,1H3;8H,4H2,1-3H3/q;-1. The summed E-state index contributed by atoms with van der Waals surface area (Å²) in [5, 5.41) is 9.55. The lowest BCUT2D eigenvalue weighted by Gasteiger charge is -2.10. The second kappa shape index (κ2) is 9.09. The van der Waals surface area contributed by atoms with E-state index in [4.69, 9.17) is 5.73 Å². The van der Waals surface area contributed by atoms with Crippen molar-refractivity contribution in [2.24, 2.45) is 7.05 Å². The minimum Gasteiger partial charge on any atom is -0.674 e. The number of fused-ring (bicyclic) bond motifs is 1. The molecule has 0 aliphatic carbocycles. The molecule has 0 aliphatic heterocycles. The summed E-state index contributed by atoms with van der Waals surface area (Å²) in [5.41, 5.74) is 9.19. The Hall–Kier alpha value is -3.25. The van der Waals surface area contributed by atoms with E-state index < -0.39 is 17.8 Å². The molecular weight excluding hydrogens is 445 g/mol. The van der Waals surface area contributed by atoms with Crippen molar-refractivity contribution in [1.82, 2.24) is 24.4 Å². The Morgan fingerprint density at radius 3 is 2.44 bits per heavy atom. The molecule has 170 valence electrons. The van der Waals surface area contributed by atoms with Gasteiger partial charge in [-0.25, -0.2) is 14.3 Å². The summed E-state index contributed by atoms with van der Waals surface area (Å²) in [6.07, 6.45) is -4.63. The third kappa shape index (κ3) is 4.65. The number of aromatic nitrogens is 5. The van der Waals surface area contributed by atoms with Crippen LogP contribution in [-0.2, 0) is 24.5 Å². The number of hydrogen-bond donors (Lipinski definition) is 0. The van der Waals surface area contributed by atoms with E-state index in [0.29, 0.717) is 15.9 Å². The number of esters is 1. The van der Waals surface area contributed by atoms with Gasteiger partial charge in [-0.3, -0.25) is 4.68 Å². The average Bonchev–Trinajstić information content (AvgIpc) is 3.46. The van der Waals surface area contributed by atoms with E-state index in [1.807, 2.05) is 25.6 Å². The highest BCUT2D eigenvalue weighted by Gasteiger charge is 2.35. The molecule has 0 saturated carbocycles. The van der Waals surface area contributed by atoms with Crippen LogP contribution in [0.25, 0.3) is 22.0 Å². The third-order valence-corrected chi connectivity index (χ3v) is 5.61. The van der Waals surface area contributed by atoms with E-state index in [0.717, 1.165) is 36.2 Å². The smallest absolute Gasteiger partial charge is 0.433 e. The SMILES string of the molecule is COC(=O)c1cc2nc(-c3cccs3)cc(C(F)(F)F)n2n1.Cc1nn(C)c(C)c1C[NH-]. The highest BCUT2D eigenvalue weighted by Crippen LogP contribution is 2.33. The van der Waals surface area contributed by atoms with Crippen LogP contribution in [0.3, 0.4) is 0 Å². The summed E-state index contributed by atoms with van der Waals surface area (Å²) in [5.74, 6) is -0.823. The number of halogens is 3. The molecule has 4 rings (SSSR count). The Morgan fingerprint density at radius 2 is 1.97 bits per heavy atom. The number of carbonyl (C=O) groups is 1. The van der Waals surface area contributed by atoms with Crippen molar-refractivity contribution in [2.45, 2.75) is 26.6 Å². The Bertz CT molecular complexity index is 1240. The number of carbonyl (C=O) groups excluding carboxylic acids is 1. The van der Waals surface area contributed by atoms with Crippen molar-refractivity contribution in [2.75, 3.05) is 7.11 Å². The molecule has 0 saturated heterocycles. The van der Waals surface area contributed by atoms with E-state index in [1.165, 1.54) is 11.3 Å². The highest BCUT2D eigenvalue weighted by atomic mass is 32.1. The van der Waals surface area contributed by atoms with Crippen LogP contribution >= 0.6 is 11.3 Å². The van der Waals surface area contributed by atoms with Crippen LogP contribution in [0.1, 0.15) is 33.1 Å². The molecule has 0 bridgehead atoms. The molecule has 0 spiro atoms. The molecular formula is C20H20F3N6O2S-. The molecule has 0 aromatic carbocycles. The normalized spacial score (nSPS) is 11.4. The Kier molecular flexibility index (Phi) is 6.65. The van der Waals surface area contributed by atoms with Gasteiger partial charge < -0.3 is 10.5 Å². The lowest BCUT2D eigenvalue weighted by Crippen LogP contribution is -2.14. The van der Waals surface area contributed by atoms with E-state index in [1.54, 1.807) is 17.5 Å². The zero-order chi connectivity index (χ0) is 23.6. The molecule has 32 heavy (non-hydrogen) atoms. The van der Waals surface area contributed by atoms with Gasteiger partial charge in [0, 0.05) is 18.8 Å². The summed E-state index contributed by atoms with van der Waals surface area (Å²) in [7, 11) is 3.03. The highest BCUT2D eigenvalue weighted by molar-refractivity contribution is 7.13. The predicted molar refractivity (Wildman–Crippen MR) is 113 cm³/mol. The summed E-state index contributed by atoms with van der Waals surface area (Å²) in [4.78, 5) is 16.2. The number of aryl methyl sites for hydroxylation is 2. The molecule has 4 heterocycles. The average molecular weight is 465 g/mol. The first kappa shape index (κ1) is 23.4. The molecule has 1 N–H and O–H groups in total. The molecule has 0 amide bonds. The van der Waals surface area contributed by atoms with Crippen molar-refractivity contribution < 1.29 is 22.7 Å². The minimum absolute atomic E-state index is 0.0707. The molecule has 4 aromatic rings. The maximum Gasteiger partial charge on any atom is 0.433 e. The first-order valence-electron chi connectivity index (χ1n) is 9.30. The van der Waals surface area contributed by atoms with Crippen molar-refractivity contribution in [1.29, 1.82) is 0 Å². The van der Waals surface area contributed by atoms with Crippen LogP contribution in [0.5, 0.6) is 0 Å². The summed E-state index contributed by atoms with van der Waals surface area (Å²) in [6, 6.07) is 5.46. The van der Waals surface area contributed by atoms with Gasteiger partial charge in [0.1, 0.15) is 0 Å². The van der Waals surface area contributed by atoms with Crippen LogP contribution in [0.4, 0.5) is 13.2 Å². The van der Waals surface area contributed by atoms with Crippen LogP contribution in [-0.4, -0.2) is 37.5 Å². The van der Waals surface area contributed by atoms with Crippen molar-refractivity contribution in [3.63, 3.8) is 0 Å². The molecule has 0 unspecified atom stereocenters. The summed E-state index contributed by atoms with van der Waals surface area (Å²) >= 11 is 1.27. The number of nitrogens with zero attached hydrogens (tertiary/aromatic N) is 5. The topological polar surface area (TPSA) is 98.1 Å². The largest absolute Gasteiger partial charge is 0.674 e. The van der Waals surface area contributed by atoms with Gasteiger partial charge in [0.25, 0.3) is 0 Å². The number of ether oxygens (including phenoxy) is 1. The van der Waals surface area contributed by atoms with Crippen molar-refractivity contribution in [3.8, 4) is 10.6 Å². The fourth-order valence-electron chi connectivity index (χ4n) is 3.00. The number of hydrogen-bond acceptors (Lipinski definition) is 6. The lowest BCUT2D eigenvalue weighted by molar-refractivity contribution is -0.142. The van der Waals surface area contributed by atoms with Crippen LogP contribution in [0.2, 0.25) is 0 Å². The van der Waals surface area contributed by atoms with Gasteiger partial charge in [-0.15, -0.1) is 17.9 Å². The van der Waals surface area contributed by atoms with Crippen molar-refractivity contribution in [3.05, 3.63) is 63.7 Å². The fraction of sp³-hybridized carbons (Fsp3) is 0.300. The molecule has 0 atom stereocenters. The van der Waals surface area contributed by atoms with Gasteiger partial charge in [-0.2, -0.15) is 23.4 Å². The Labute approximate surface area is 185 Å². The van der Waals surface area contributed by atoms with Gasteiger partial charge >= 0.3 is 12.1 Å². The number of nitrogens with one attached hydrogen (secondary N) is 1. The molecule has 0 aliphatic rings. The zero-order valence-electron chi connectivity index (χ0n) is 17.7. The van der Waals surface area contributed by atoms with E-state index in [-0.39, 0.29) is 17.0 Å². The summed E-state index contributed by atoms with van der Waals surface area (Å²) < 4.78 is 46.6. The first-order chi connectivity index (χ1) is 15.1. The molecule has 0 radical (unpaired) electrons. The van der Waals surface area contributed by atoms with Crippen molar-refractivity contribution >= 4 is 23.0 Å². The van der Waals surface area contributed by atoms with Crippen LogP contribution in [0, 0.1) is 13.8 Å². The van der Waals surface area contributed by atoms with Crippen LogP contribution in [0.15, 0.2) is 29.6 Å². The fourth-order valence-corrected chi connectivity index (χ4v) is 3.69. The van der Waals surface area contributed by atoms with Gasteiger partial charge in [0.2, 0.25) is 0 Å². The van der Waals surface area contributed by atoms with Gasteiger partial charge in [0.05, 0.1) is 23.4 Å². The molecule has 0 fully saturated rings. The van der Waals surface area contributed by atoms with Gasteiger partial charge in [0.15, 0.2) is 17.0 Å². The molecule has 8 nitrogen and oxygen atoms in total. The first-order valence-corrected chi connectivity index (χ1v) is 10.2. The monoisotopic (exact) mass is 465 g/mol.